The zero-order valence-corrected chi connectivity index (χ0v) is 23.7. The number of rotatable bonds is 8. The van der Waals surface area contributed by atoms with Gasteiger partial charge < -0.3 is 0 Å². The molecule has 0 fully saturated rings. The maximum absolute atomic E-state index is 13.8. The minimum Gasteiger partial charge on any atom is -0.272 e. The van der Waals surface area contributed by atoms with Crippen molar-refractivity contribution in [2.24, 2.45) is 5.10 Å². The number of nitrogens with one attached hydrogen (secondary N) is 1. The van der Waals surface area contributed by atoms with Crippen molar-refractivity contribution in [2.45, 2.75) is 30.8 Å². The van der Waals surface area contributed by atoms with Gasteiger partial charge >= 0.3 is 0 Å². The van der Waals surface area contributed by atoms with Crippen molar-refractivity contribution in [3.05, 3.63) is 95.6 Å². The smallest absolute Gasteiger partial charge is 0.272 e. The summed E-state index contributed by atoms with van der Waals surface area (Å²) in [7, 11) is 0. The van der Waals surface area contributed by atoms with Crippen LogP contribution >= 0.6 is 39.0 Å². The van der Waals surface area contributed by atoms with E-state index in [1.807, 2.05) is 24.3 Å². The number of carbonyl (C=O) groups is 1. The van der Waals surface area contributed by atoms with Crippen LogP contribution in [0.15, 0.2) is 74.1 Å². The quantitative estimate of drug-likeness (QED) is 0.0857. The van der Waals surface area contributed by atoms with Crippen LogP contribution in [0.1, 0.15) is 28.8 Å². The molecule has 2 aromatic heterocycles. The third-order valence-corrected chi connectivity index (χ3v) is 8.79. The summed E-state index contributed by atoms with van der Waals surface area (Å²) in [5.41, 5.74) is 4.52. The lowest BCUT2D eigenvalue weighted by molar-refractivity contribution is -0.385. The first-order chi connectivity index (χ1) is 18.9. The standard InChI is InChI=1S/C27H22BrN5O4S2/c28-18-11-13-19(14-12-18)32-26(35)24-20-8-2-4-10-22(20)39-25(24)30-27(32)38-16-23(34)31-29-15-5-7-17-6-1-3-9-21(17)33(36)37/h1,3,5-7,9,11-15H,2,4,8,10,16H2,(H,31,34). The number of allylic oxidation sites excluding steroid dienone is 1. The Kier molecular flexibility index (Phi) is 8.34. The van der Waals surface area contributed by atoms with Crippen molar-refractivity contribution >= 4 is 73.1 Å². The molecule has 0 radical (unpaired) electrons. The first-order valence-corrected chi connectivity index (χ1v) is 14.7. The van der Waals surface area contributed by atoms with Gasteiger partial charge in [-0.3, -0.25) is 24.3 Å². The number of benzene rings is 2. The normalized spacial score (nSPS) is 13.3. The van der Waals surface area contributed by atoms with Crippen LogP contribution in [0.5, 0.6) is 0 Å². The number of hydrogen-bond acceptors (Lipinski definition) is 8. The fraction of sp³-hybridized carbons (Fsp3) is 0.185. The maximum atomic E-state index is 13.8. The molecule has 1 N–H and O–H groups in total. The van der Waals surface area contributed by atoms with Crippen molar-refractivity contribution in [3.63, 3.8) is 0 Å². The highest BCUT2D eigenvalue weighted by Crippen LogP contribution is 2.35. The van der Waals surface area contributed by atoms with Gasteiger partial charge in [0.05, 0.1) is 27.3 Å². The number of nitro groups is 1. The molecular formula is C27H22BrN5O4S2. The predicted octanol–water partition coefficient (Wildman–Crippen LogP) is 5.90. The highest BCUT2D eigenvalue weighted by molar-refractivity contribution is 9.10. The number of aryl methyl sites for hydroxylation is 2. The third-order valence-electron chi connectivity index (χ3n) is 6.13. The number of fused-ring (bicyclic) bond motifs is 3. The summed E-state index contributed by atoms with van der Waals surface area (Å²) in [6.07, 6.45) is 8.41. The molecule has 2 aromatic carbocycles. The highest BCUT2D eigenvalue weighted by Gasteiger charge is 2.23. The Morgan fingerprint density at radius 1 is 1.21 bits per heavy atom. The van der Waals surface area contributed by atoms with Crippen molar-refractivity contribution in [1.82, 2.24) is 15.0 Å². The first-order valence-electron chi connectivity index (χ1n) is 12.1. The molecule has 0 bridgehead atoms. The minimum atomic E-state index is -0.458. The second-order valence-corrected chi connectivity index (χ2v) is 11.6. The molecule has 0 saturated carbocycles. The molecular weight excluding hydrogens is 602 g/mol. The Hall–Kier alpha value is -3.61. The summed E-state index contributed by atoms with van der Waals surface area (Å²) >= 11 is 6.17. The number of hydrogen-bond donors (Lipinski definition) is 1. The molecule has 39 heavy (non-hydrogen) atoms. The number of nitro benzene ring substituents is 1. The highest BCUT2D eigenvalue weighted by atomic mass is 79.9. The molecule has 12 heteroatoms. The van der Waals surface area contributed by atoms with Crippen molar-refractivity contribution in [2.75, 3.05) is 5.75 Å². The monoisotopic (exact) mass is 623 g/mol. The Morgan fingerprint density at radius 3 is 2.77 bits per heavy atom. The Bertz CT molecular complexity index is 1680. The molecule has 0 saturated heterocycles. The van der Waals surface area contributed by atoms with E-state index in [2.05, 4.69) is 26.5 Å². The molecule has 1 aliphatic carbocycles. The average Bonchev–Trinajstić information content (AvgIpc) is 3.31. The molecule has 5 rings (SSSR count). The fourth-order valence-electron chi connectivity index (χ4n) is 4.36. The van der Waals surface area contributed by atoms with E-state index < -0.39 is 4.92 Å². The van der Waals surface area contributed by atoms with Crippen LogP contribution in [-0.4, -0.2) is 32.3 Å². The molecule has 1 amide bonds. The lowest BCUT2D eigenvalue weighted by Gasteiger charge is -2.13. The molecule has 0 spiro atoms. The van der Waals surface area contributed by atoms with Gasteiger partial charge in [0, 0.05) is 21.6 Å². The summed E-state index contributed by atoms with van der Waals surface area (Å²) < 4.78 is 2.47. The summed E-state index contributed by atoms with van der Waals surface area (Å²) in [6, 6.07) is 13.7. The first kappa shape index (κ1) is 27.0. The van der Waals surface area contributed by atoms with Gasteiger partial charge in [-0.25, -0.2) is 10.4 Å². The topological polar surface area (TPSA) is 119 Å². The van der Waals surface area contributed by atoms with Crippen molar-refractivity contribution in [1.29, 1.82) is 0 Å². The van der Waals surface area contributed by atoms with E-state index in [-0.39, 0.29) is 22.9 Å². The largest absolute Gasteiger partial charge is 0.276 e. The Labute approximate surface area is 239 Å². The van der Waals surface area contributed by atoms with Crippen LogP contribution in [0.3, 0.4) is 0 Å². The molecule has 198 valence electrons. The summed E-state index contributed by atoms with van der Waals surface area (Å²) in [4.78, 5) is 43.7. The van der Waals surface area contributed by atoms with E-state index in [9.17, 15) is 19.7 Å². The lowest BCUT2D eigenvalue weighted by atomic mass is 9.97. The van der Waals surface area contributed by atoms with Crippen molar-refractivity contribution < 1.29 is 9.72 Å². The van der Waals surface area contributed by atoms with Gasteiger partial charge in [0.25, 0.3) is 17.2 Å². The number of nitrogens with zero attached hydrogens (tertiary/aromatic N) is 4. The van der Waals surface area contributed by atoms with E-state index in [1.165, 1.54) is 23.2 Å². The van der Waals surface area contributed by atoms with Crippen LogP contribution in [-0.2, 0) is 17.6 Å². The molecule has 1 aliphatic rings. The number of thiophene rings is 1. The number of amides is 1. The molecule has 2 heterocycles. The number of halogens is 1. The molecule has 0 atom stereocenters. The van der Waals surface area contributed by atoms with E-state index in [0.29, 0.717) is 26.6 Å². The van der Waals surface area contributed by atoms with E-state index in [0.717, 1.165) is 47.5 Å². The zero-order valence-electron chi connectivity index (χ0n) is 20.5. The number of carbonyl (C=O) groups excluding carboxylic acids is 1. The van der Waals surface area contributed by atoms with Crippen LogP contribution < -0.4 is 11.0 Å². The molecule has 0 aliphatic heterocycles. The number of aromatic nitrogens is 2. The molecule has 9 nitrogen and oxygen atoms in total. The summed E-state index contributed by atoms with van der Waals surface area (Å²) in [5.74, 6) is -0.386. The molecule has 0 unspecified atom stereocenters. The second kappa shape index (κ2) is 12.1. The second-order valence-electron chi connectivity index (χ2n) is 8.68. The summed E-state index contributed by atoms with van der Waals surface area (Å²) in [5, 5.41) is 16.1. The number of hydrazone groups is 1. The lowest BCUT2D eigenvalue weighted by Crippen LogP contribution is -2.24. The van der Waals surface area contributed by atoms with E-state index >= 15 is 0 Å². The van der Waals surface area contributed by atoms with Gasteiger partial charge in [0.2, 0.25) is 0 Å². The van der Waals surface area contributed by atoms with Crippen LogP contribution in [0.25, 0.3) is 22.0 Å². The number of para-hydroxylation sites is 1. The van der Waals surface area contributed by atoms with E-state index in [1.54, 1.807) is 40.2 Å². The Morgan fingerprint density at radius 2 is 1.97 bits per heavy atom. The van der Waals surface area contributed by atoms with Crippen LogP contribution in [0, 0.1) is 10.1 Å². The summed E-state index contributed by atoms with van der Waals surface area (Å²) in [6.45, 7) is 0. The van der Waals surface area contributed by atoms with Gasteiger partial charge in [-0.1, -0.05) is 39.8 Å². The predicted molar refractivity (Wildman–Crippen MR) is 159 cm³/mol. The zero-order chi connectivity index (χ0) is 27.4. The maximum Gasteiger partial charge on any atom is 0.276 e. The molecule has 4 aromatic rings. The Balaban J connectivity index is 1.34. The number of thioether (sulfide) groups is 1. The van der Waals surface area contributed by atoms with Gasteiger partial charge in [0.1, 0.15) is 4.83 Å². The average molecular weight is 625 g/mol. The fourth-order valence-corrected chi connectivity index (χ4v) is 6.73. The van der Waals surface area contributed by atoms with Gasteiger partial charge in [-0.15, -0.1) is 11.3 Å². The minimum absolute atomic E-state index is 0.00915. The SMILES string of the molecule is O=C(CSc1nc2sc3c(c2c(=O)n1-c1ccc(Br)cc1)CCCC3)NN=CC=Cc1ccccc1[N+](=O)[O-]. The van der Waals surface area contributed by atoms with Crippen molar-refractivity contribution in [3.8, 4) is 5.69 Å². The van der Waals surface area contributed by atoms with E-state index in [4.69, 9.17) is 4.98 Å². The van der Waals surface area contributed by atoms with Gasteiger partial charge in [-0.05, 0) is 73.7 Å². The van der Waals surface area contributed by atoms with Crippen LogP contribution in [0.4, 0.5) is 5.69 Å². The third kappa shape index (κ3) is 6.02. The van der Waals surface area contributed by atoms with Gasteiger partial charge in [0.15, 0.2) is 5.16 Å². The van der Waals surface area contributed by atoms with Gasteiger partial charge in [-0.2, -0.15) is 5.10 Å². The van der Waals surface area contributed by atoms with Crippen LogP contribution in [0.2, 0.25) is 0 Å².